The van der Waals surface area contributed by atoms with Crippen LogP contribution in [0.1, 0.15) is 28.2 Å². The average molecular weight is 319 g/mol. The number of thiophene rings is 1. The minimum atomic E-state index is 0.476. The Bertz CT molecular complexity index is 819. The summed E-state index contributed by atoms with van der Waals surface area (Å²) in [6.07, 6.45) is 0. The van der Waals surface area contributed by atoms with E-state index in [0.29, 0.717) is 5.92 Å². The first-order valence-corrected chi connectivity index (χ1v) is 9.00. The molecule has 0 amide bonds. The second kappa shape index (κ2) is 5.95. The Hall–Kier alpha value is -1.90. The lowest BCUT2D eigenvalue weighted by atomic mass is 9.84. The summed E-state index contributed by atoms with van der Waals surface area (Å²) in [7, 11) is 2.22. The van der Waals surface area contributed by atoms with Crippen LogP contribution in [0.4, 0.5) is 0 Å². The molecule has 0 unspecified atom stereocenters. The number of benzene rings is 2. The summed E-state index contributed by atoms with van der Waals surface area (Å²) in [5.74, 6) is 0.476. The molecule has 1 aromatic heterocycles. The van der Waals surface area contributed by atoms with E-state index in [1.807, 2.05) is 11.3 Å². The molecule has 0 N–H and O–H groups in total. The van der Waals surface area contributed by atoms with Crippen molar-refractivity contribution in [2.45, 2.75) is 19.4 Å². The lowest BCUT2D eigenvalue weighted by molar-refractivity contribution is 0.295. The van der Waals surface area contributed by atoms with Crippen molar-refractivity contribution in [2.24, 2.45) is 0 Å². The highest BCUT2D eigenvalue weighted by molar-refractivity contribution is 7.13. The van der Waals surface area contributed by atoms with Crippen LogP contribution in [0.25, 0.3) is 10.4 Å². The van der Waals surface area contributed by atoms with Crippen molar-refractivity contribution < 1.29 is 0 Å². The van der Waals surface area contributed by atoms with Crippen molar-refractivity contribution in [1.29, 1.82) is 0 Å². The molecule has 3 aromatic rings. The Kier molecular flexibility index (Phi) is 3.80. The molecule has 0 saturated carbocycles. The maximum absolute atomic E-state index is 2.43. The summed E-state index contributed by atoms with van der Waals surface area (Å²) in [6, 6.07) is 20.2. The summed E-state index contributed by atoms with van der Waals surface area (Å²) in [4.78, 5) is 3.80. The predicted octanol–water partition coefficient (Wildman–Crippen LogP) is 5.30. The molecule has 1 aliphatic rings. The molecule has 0 aliphatic carbocycles. The fourth-order valence-corrected chi connectivity index (χ4v) is 4.45. The highest BCUT2D eigenvalue weighted by Gasteiger charge is 2.24. The van der Waals surface area contributed by atoms with Crippen molar-refractivity contribution in [2.75, 3.05) is 13.6 Å². The van der Waals surface area contributed by atoms with Gasteiger partial charge in [0.2, 0.25) is 0 Å². The van der Waals surface area contributed by atoms with E-state index in [-0.39, 0.29) is 0 Å². The minimum Gasteiger partial charge on any atom is -0.301 e. The lowest BCUT2D eigenvalue weighted by Crippen LogP contribution is -2.30. The largest absolute Gasteiger partial charge is 0.301 e. The van der Waals surface area contributed by atoms with E-state index in [1.54, 1.807) is 0 Å². The molecule has 1 nitrogen and oxygen atoms in total. The zero-order valence-corrected chi connectivity index (χ0v) is 14.4. The van der Waals surface area contributed by atoms with Gasteiger partial charge >= 0.3 is 0 Å². The molecule has 2 aromatic carbocycles. The molecule has 0 radical (unpaired) electrons. The van der Waals surface area contributed by atoms with Gasteiger partial charge in [0, 0.05) is 23.9 Å². The normalized spacial score (nSPS) is 17.9. The Balaban J connectivity index is 1.77. The van der Waals surface area contributed by atoms with Gasteiger partial charge in [0.15, 0.2) is 0 Å². The van der Waals surface area contributed by atoms with Crippen LogP contribution < -0.4 is 0 Å². The van der Waals surface area contributed by atoms with Gasteiger partial charge in [-0.25, -0.2) is 0 Å². The molecule has 1 aliphatic heterocycles. The topological polar surface area (TPSA) is 3.24 Å². The Morgan fingerprint density at radius 2 is 1.87 bits per heavy atom. The molecule has 1 atom stereocenters. The van der Waals surface area contributed by atoms with Crippen LogP contribution in [-0.2, 0) is 6.54 Å². The molecule has 2 heteroatoms. The van der Waals surface area contributed by atoms with E-state index in [9.17, 15) is 0 Å². The zero-order chi connectivity index (χ0) is 15.8. The molecule has 116 valence electrons. The monoisotopic (exact) mass is 319 g/mol. The number of likely N-dealkylation sites (N-methyl/N-ethyl adjacent to an activating group) is 1. The van der Waals surface area contributed by atoms with Crippen LogP contribution in [0, 0.1) is 6.92 Å². The summed E-state index contributed by atoms with van der Waals surface area (Å²) >= 11 is 1.84. The molecule has 0 fully saturated rings. The molecule has 0 saturated heterocycles. The first kappa shape index (κ1) is 14.7. The van der Waals surface area contributed by atoms with E-state index >= 15 is 0 Å². The first-order valence-electron chi connectivity index (χ1n) is 8.12. The van der Waals surface area contributed by atoms with Gasteiger partial charge in [-0.2, -0.15) is 0 Å². The Morgan fingerprint density at radius 1 is 1.04 bits per heavy atom. The van der Waals surface area contributed by atoms with Crippen molar-refractivity contribution in [3.63, 3.8) is 0 Å². The van der Waals surface area contributed by atoms with E-state index < -0.39 is 0 Å². The van der Waals surface area contributed by atoms with Crippen LogP contribution in [-0.4, -0.2) is 18.5 Å². The van der Waals surface area contributed by atoms with Crippen molar-refractivity contribution in [1.82, 2.24) is 4.90 Å². The van der Waals surface area contributed by atoms with E-state index in [1.165, 1.54) is 32.7 Å². The van der Waals surface area contributed by atoms with Crippen molar-refractivity contribution >= 4 is 11.3 Å². The Labute approximate surface area is 142 Å². The molecule has 2 heterocycles. The number of aryl methyl sites for hydroxylation is 1. The molecular weight excluding hydrogens is 298 g/mol. The van der Waals surface area contributed by atoms with Gasteiger partial charge in [-0.3, -0.25) is 0 Å². The first-order chi connectivity index (χ1) is 11.2. The second-order valence-corrected chi connectivity index (χ2v) is 7.47. The summed E-state index contributed by atoms with van der Waals surface area (Å²) in [5, 5.41) is 2.23. The number of hydrogen-bond donors (Lipinski definition) is 0. The minimum absolute atomic E-state index is 0.476. The average Bonchev–Trinajstić information content (AvgIpc) is 3.01. The number of hydrogen-bond acceptors (Lipinski definition) is 2. The fourth-order valence-electron chi connectivity index (χ4n) is 3.55. The van der Waals surface area contributed by atoms with Gasteiger partial charge in [0.1, 0.15) is 0 Å². The van der Waals surface area contributed by atoms with Gasteiger partial charge in [-0.1, -0.05) is 42.5 Å². The van der Waals surface area contributed by atoms with E-state index in [4.69, 9.17) is 0 Å². The van der Waals surface area contributed by atoms with Crippen LogP contribution in [0.5, 0.6) is 0 Å². The molecule has 23 heavy (non-hydrogen) atoms. The van der Waals surface area contributed by atoms with E-state index in [2.05, 4.69) is 78.8 Å². The Morgan fingerprint density at radius 3 is 2.61 bits per heavy atom. The van der Waals surface area contributed by atoms with Crippen molar-refractivity contribution in [3.05, 3.63) is 82.2 Å². The second-order valence-electron chi connectivity index (χ2n) is 6.56. The van der Waals surface area contributed by atoms with Crippen LogP contribution in [0.3, 0.4) is 0 Å². The third kappa shape index (κ3) is 2.85. The van der Waals surface area contributed by atoms with E-state index in [0.717, 1.165) is 13.1 Å². The number of nitrogens with zero attached hydrogens (tertiary/aromatic N) is 1. The predicted molar refractivity (Wildman–Crippen MR) is 99.1 cm³/mol. The third-order valence-corrected chi connectivity index (χ3v) is 5.77. The van der Waals surface area contributed by atoms with Gasteiger partial charge in [-0.15, -0.1) is 11.3 Å². The number of rotatable bonds is 2. The molecular formula is C21H21NS. The van der Waals surface area contributed by atoms with Crippen LogP contribution in [0.15, 0.2) is 60.0 Å². The highest BCUT2D eigenvalue weighted by atomic mass is 32.1. The molecule has 0 spiro atoms. The van der Waals surface area contributed by atoms with Gasteiger partial charge < -0.3 is 4.90 Å². The fraction of sp³-hybridized carbons (Fsp3) is 0.238. The summed E-state index contributed by atoms with van der Waals surface area (Å²) in [5.41, 5.74) is 7.08. The highest BCUT2D eigenvalue weighted by Crippen LogP contribution is 2.36. The maximum atomic E-state index is 2.43. The third-order valence-electron chi connectivity index (χ3n) is 4.67. The number of fused-ring (bicyclic) bond motifs is 1. The standard InChI is InChI=1S/C21H21NS/c1-15-10-21(23-14-15)17-8-9-19-18(11-17)12-22(2)13-20(19)16-6-4-3-5-7-16/h3-11,14,20H,12-13H2,1-2H3/t20-/m0/s1. The van der Waals surface area contributed by atoms with Crippen LogP contribution >= 0.6 is 11.3 Å². The van der Waals surface area contributed by atoms with Crippen molar-refractivity contribution in [3.8, 4) is 10.4 Å². The maximum Gasteiger partial charge on any atom is 0.0345 e. The molecule has 4 rings (SSSR count). The van der Waals surface area contributed by atoms with Gasteiger partial charge in [0.05, 0.1) is 0 Å². The summed E-state index contributed by atoms with van der Waals surface area (Å²) in [6.45, 7) is 4.29. The zero-order valence-electron chi connectivity index (χ0n) is 13.6. The van der Waals surface area contributed by atoms with Gasteiger partial charge in [0.25, 0.3) is 0 Å². The lowest BCUT2D eigenvalue weighted by Gasteiger charge is -2.33. The smallest absolute Gasteiger partial charge is 0.0345 e. The van der Waals surface area contributed by atoms with Crippen LogP contribution in [0.2, 0.25) is 0 Å². The summed E-state index contributed by atoms with van der Waals surface area (Å²) < 4.78 is 0. The quantitative estimate of drug-likeness (QED) is 0.619. The SMILES string of the molecule is Cc1csc(-c2ccc3c(c2)CN(C)C[C@H]3c2ccccc2)c1. The molecule has 0 bridgehead atoms. The van der Waals surface area contributed by atoms with Gasteiger partial charge in [-0.05, 0) is 59.3 Å².